The van der Waals surface area contributed by atoms with E-state index in [0.717, 1.165) is 12.2 Å². The van der Waals surface area contributed by atoms with Gasteiger partial charge in [0.15, 0.2) is 0 Å². The minimum absolute atomic E-state index is 0.506. The van der Waals surface area contributed by atoms with Gasteiger partial charge in [-0.25, -0.2) is 4.98 Å². The summed E-state index contributed by atoms with van der Waals surface area (Å²) in [6, 6.07) is 4.84. The van der Waals surface area contributed by atoms with E-state index in [2.05, 4.69) is 22.2 Å². The Kier molecular flexibility index (Phi) is 5.46. The monoisotopic (exact) mass is 301 g/mol. The Morgan fingerprint density at radius 3 is 2.58 bits per heavy atom. The number of nitrogens with one attached hydrogen (secondary N) is 1. The van der Waals surface area contributed by atoms with Gasteiger partial charge in [0, 0.05) is 18.6 Å². The standard InChI is InChI=1S/C14H21Cl2N3/c1-17-10-3-5-11(6-4-10)19(2)9-13-12(15)7-8-14(16)18-13/h7-8,10-11,17H,3-6,9H2,1-2H3. The van der Waals surface area contributed by atoms with Crippen molar-refractivity contribution < 1.29 is 0 Å². The molecule has 106 valence electrons. The van der Waals surface area contributed by atoms with Crippen LogP contribution >= 0.6 is 23.2 Å². The van der Waals surface area contributed by atoms with Crippen molar-refractivity contribution in [3.05, 3.63) is 28.0 Å². The summed E-state index contributed by atoms with van der Waals surface area (Å²) in [7, 11) is 4.19. The van der Waals surface area contributed by atoms with Crippen molar-refractivity contribution in [3.8, 4) is 0 Å². The van der Waals surface area contributed by atoms with Gasteiger partial charge in [-0.05, 0) is 51.9 Å². The first-order valence-corrected chi connectivity index (χ1v) is 7.54. The Bertz CT molecular complexity index is 417. The molecule has 1 aromatic heterocycles. The zero-order chi connectivity index (χ0) is 13.8. The van der Waals surface area contributed by atoms with Crippen LogP contribution in [-0.2, 0) is 6.54 Å². The third-order valence-electron chi connectivity index (χ3n) is 4.01. The van der Waals surface area contributed by atoms with E-state index >= 15 is 0 Å². The molecule has 0 saturated heterocycles. The molecule has 1 saturated carbocycles. The van der Waals surface area contributed by atoms with Gasteiger partial charge >= 0.3 is 0 Å². The van der Waals surface area contributed by atoms with Crippen LogP contribution in [0.3, 0.4) is 0 Å². The molecule has 0 amide bonds. The van der Waals surface area contributed by atoms with Crippen molar-refractivity contribution in [1.29, 1.82) is 0 Å². The summed E-state index contributed by atoms with van der Waals surface area (Å²) in [6.07, 6.45) is 4.92. The Hall–Kier alpha value is -0.350. The van der Waals surface area contributed by atoms with Gasteiger partial charge in [0.05, 0.1) is 10.7 Å². The van der Waals surface area contributed by atoms with Gasteiger partial charge in [-0.3, -0.25) is 4.90 Å². The lowest BCUT2D eigenvalue weighted by atomic mass is 9.90. The highest BCUT2D eigenvalue weighted by atomic mass is 35.5. The molecule has 3 nitrogen and oxygen atoms in total. The predicted molar refractivity (Wildman–Crippen MR) is 80.8 cm³/mol. The molecule has 0 unspecified atom stereocenters. The van der Waals surface area contributed by atoms with E-state index in [-0.39, 0.29) is 0 Å². The summed E-state index contributed by atoms with van der Waals surface area (Å²) < 4.78 is 0. The van der Waals surface area contributed by atoms with Crippen LogP contribution in [-0.4, -0.2) is 36.1 Å². The van der Waals surface area contributed by atoms with Gasteiger partial charge in [-0.2, -0.15) is 0 Å². The maximum absolute atomic E-state index is 6.17. The van der Waals surface area contributed by atoms with Crippen LogP contribution in [0.4, 0.5) is 0 Å². The van der Waals surface area contributed by atoms with Crippen molar-refractivity contribution in [1.82, 2.24) is 15.2 Å². The van der Waals surface area contributed by atoms with Crippen molar-refractivity contribution in [2.24, 2.45) is 0 Å². The first-order chi connectivity index (χ1) is 9.10. The van der Waals surface area contributed by atoms with Gasteiger partial charge in [-0.1, -0.05) is 23.2 Å². The zero-order valence-corrected chi connectivity index (χ0v) is 13.0. The molecule has 0 aliphatic heterocycles. The number of hydrogen-bond acceptors (Lipinski definition) is 3. The number of rotatable bonds is 4. The molecular weight excluding hydrogens is 281 g/mol. The van der Waals surface area contributed by atoms with E-state index in [1.165, 1.54) is 25.7 Å². The zero-order valence-electron chi connectivity index (χ0n) is 11.5. The van der Waals surface area contributed by atoms with E-state index in [0.29, 0.717) is 22.3 Å². The summed E-state index contributed by atoms with van der Waals surface area (Å²) in [5.74, 6) is 0. The molecule has 19 heavy (non-hydrogen) atoms. The predicted octanol–water partition coefficient (Wildman–Crippen LogP) is 3.35. The van der Waals surface area contributed by atoms with Gasteiger partial charge in [0.25, 0.3) is 0 Å². The smallest absolute Gasteiger partial charge is 0.129 e. The fourth-order valence-electron chi connectivity index (χ4n) is 2.74. The maximum Gasteiger partial charge on any atom is 0.129 e. The lowest BCUT2D eigenvalue weighted by Crippen LogP contribution is -2.39. The van der Waals surface area contributed by atoms with E-state index in [4.69, 9.17) is 23.2 Å². The molecule has 0 bridgehead atoms. The molecule has 1 aliphatic carbocycles. The van der Waals surface area contributed by atoms with Gasteiger partial charge in [0.2, 0.25) is 0 Å². The highest BCUT2D eigenvalue weighted by Crippen LogP contribution is 2.25. The lowest BCUT2D eigenvalue weighted by Gasteiger charge is -2.34. The molecule has 1 aromatic rings. The molecular formula is C14H21Cl2N3. The average Bonchev–Trinajstić information content (AvgIpc) is 2.43. The van der Waals surface area contributed by atoms with Crippen LogP contribution in [0.15, 0.2) is 12.1 Å². The molecule has 0 aromatic carbocycles. The molecule has 1 N–H and O–H groups in total. The Balaban J connectivity index is 1.94. The van der Waals surface area contributed by atoms with Crippen LogP contribution in [0.2, 0.25) is 10.2 Å². The number of nitrogens with zero attached hydrogens (tertiary/aromatic N) is 2. The molecule has 1 aliphatic rings. The molecule has 0 atom stereocenters. The number of aromatic nitrogens is 1. The number of hydrogen-bond donors (Lipinski definition) is 1. The second kappa shape index (κ2) is 6.89. The van der Waals surface area contributed by atoms with Gasteiger partial charge < -0.3 is 5.32 Å². The van der Waals surface area contributed by atoms with Crippen LogP contribution in [0.25, 0.3) is 0 Å². The summed E-state index contributed by atoms with van der Waals surface area (Å²) in [5.41, 5.74) is 0.868. The number of pyridine rings is 1. The first kappa shape index (κ1) is 15.0. The topological polar surface area (TPSA) is 28.2 Å². The molecule has 0 radical (unpaired) electrons. The van der Waals surface area contributed by atoms with E-state index in [9.17, 15) is 0 Å². The normalized spacial score (nSPS) is 23.8. The van der Waals surface area contributed by atoms with Gasteiger partial charge in [-0.15, -0.1) is 0 Å². The van der Waals surface area contributed by atoms with E-state index in [1.807, 2.05) is 13.1 Å². The maximum atomic E-state index is 6.17. The third kappa shape index (κ3) is 4.06. The molecule has 5 heteroatoms. The van der Waals surface area contributed by atoms with Crippen molar-refractivity contribution in [2.45, 2.75) is 44.3 Å². The largest absolute Gasteiger partial charge is 0.317 e. The Labute approximate surface area is 125 Å². The Morgan fingerprint density at radius 2 is 1.95 bits per heavy atom. The summed E-state index contributed by atoms with van der Waals surface area (Å²) >= 11 is 12.1. The highest BCUT2D eigenvalue weighted by Gasteiger charge is 2.23. The molecule has 0 spiro atoms. The molecule has 1 fully saturated rings. The Morgan fingerprint density at radius 1 is 1.26 bits per heavy atom. The molecule has 2 rings (SSSR count). The van der Waals surface area contributed by atoms with Crippen molar-refractivity contribution in [3.63, 3.8) is 0 Å². The van der Waals surface area contributed by atoms with Crippen LogP contribution in [0, 0.1) is 0 Å². The fraction of sp³-hybridized carbons (Fsp3) is 0.643. The van der Waals surface area contributed by atoms with Crippen LogP contribution < -0.4 is 5.32 Å². The number of halogens is 2. The van der Waals surface area contributed by atoms with E-state index in [1.54, 1.807) is 6.07 Å². The minimum Gasteiger partial charge on any atom is -0.317 e. The third-order valence-corrected chi connectivity index (χ3v) is 4.57. The quantitative estimate of drug-likeness (QED) is 0.865. The SMILES string of the molecule is CNC1CCC(N(C)Cc2nc(Cl)ccc2Cl)CC1. The van der Waals surface area contributed by atoms with E-state index < -0.39 is 0 Å². The summed E-state index contributed by atoms with van der Waals surface area (Å²) in [6.45, 7) is 0.758. The van der Waals surface area contributed by atoms with Crippen molar-refractivity contribution in [2.75, 3.05) is 14.1 Å². The fourth-order valence-corrected chi connectivity index (χ4v) is 3.07. The first-order valence-electron chi connectivity index (χ1n) is 6.78. The second-order valence-corrected chi connectivity index (χ2v) is 6.07. The molecule has 1 heterocycles. The highest BCUT2D eigenvalue weighted by molar-refractivity contribution is 6.32. The lowest BCUT2D eigenvalue weighted by molar-refractivity contribution is 0.168. The summed E-state index contributed by atoms with van der Waals surface area (Å²) in [5, 5.41) is 4.56. The summed E-state index contributed by atoms with van der Waals surface area (Å²) in [4.78, 5) is 6.66. The second-order valence-electron chi connectivity index (χ2n) is 5.27. The van der Waals surface area contributed by atoms with Crippen LogP contribution in [0.5, 0.6) is 0 Å². The minimum atomic E-state index is 0.506. The average molecular weight is 302 g/mol. The van der Waals surface area contributed by atoms with Gasteiger partial charge in [0.1, 0.15) is 5.15 Å². The van der Waals surface area contributed by atoms with Crippen LogP contribution in [0.1, 0.15) is 31.4 Å². The van der Waals surface area contributed by atoms with Crippen molar-refractivity contribution >= 4 is 23.2 Å².